The fourth-order valence-corrected chi connectivity index (χ4v) is 5.98. The third-order valence-electron chi connectivity index (χ3n) is 7.28. The molecule has 0 spiro atoms. The maximum Gasteiger partial charge on any atom is 0.255 e. The van der Waals surface area contributed by atoms with E-state index < -0.39 is 6.04 Å². The molecule has 1 atom stereocenters. The van der Waals surface area contributed by atoms with Gasteiger partial charge in [-0.25, -0.2) is 4.68 Å². The Bertz CT molecular complexity index is 1660. The second-order valence-corrected chi connectivity index (χ2v) is 11.0. The summed E-state index contributed by atoms with van der Waals surface area (Å²) < 4.78 is 23.9. The Labute approximate surface area is 255 Å². The van der Waals surface area contributed by atoms with E-state index in [9.17, 15) is 4.79 Å². The zero-order chi connectivity index (χ0) is 30.7. The molecule has 0 radical (unpaired) electrons. The molecule has 0 unspecified atom stereocenters. The van der Waals surface area contributed by atoms with Gasteiger partial charge in [-0.3, -0.25) is 4.79 Å². The average Bonchev–Trinajstić information content (AvgIpc) is 3.41. The van der Waals surface area contributed by atoms with E-state index >= 15 is 0 Å². The first-order valence-electron chi connectivity index (χ1n) is 13.6. The zero-order valence-electron chi connectivity index (χ0n) is 25.3. The molecule has 2 N–H and O–H groups in total. The van der Waals surface area contributed by atoms with E-state index in [0.29, 0.717) is 62.4 Å². The van der Waals surface area contributed by atoms with E-state index in [1.165, 1.54) is 28.5 Å². The quantitative estimate of drug-likeness (QED) is 0.207. The van der Waals surface area contributed by atoms with Gasteiger partial charge in [0.15, 0.2) is 11.5 Å². The summed E-state index contributed by atoms with van der Waals surface area (Å²) in [5.74, 6) is 3.03. The van der Waals surface area contributed by atoms with Gasteiger partial charge in [-0.1, -0.05) is 35.5 Å². The van der Waals surface area contributed by atoms with Crippen LogP contribution < -0.4 is 29.6 Å². The number of hydrogen-bond acceptors (Lipinski definition) is 9. The Morgan fingerprint density at radius 3 is 2.23 bits per heavy atom. The summed E-state index contributed by atoms with van der Waals surface area (Å²) in [6, 6.07) is 16.6. The number of rotatable bonds is 10. The van der Waals surface area contributed by atoms with Gasteiger partial charge < -0.3 is 29.6 Å². The van der Waals surface area contributed by atoms with E-state index in [2.05, 4.69) is 42.7 Å². The van der Waals surface area contributed by atoms with Crippen molar-refractivity contribution in [1.82, 2.24) is 14.8 Å². The molecule has 1 aliphatic heterocycles. The lowest BCUT2D eigenvalue weighted by molar-refractivity contribution is -0.113. The van der Waals surface area contributed by atoms with Gasteiger partial charge in [0.2, 0.25) is 16.9 Å². The number of fused-ring (bicyclic) bond motifs is 1. The fraction of sp³-hybridized carbons (Fsp3) is 0.281. The van der Waals surface area contributed by atoms with Crippen molar-refractivity contribution in [3.05, 3.63) is 88.1 Å². The second kappa shape index (κ2) is 12.7. The standard InChI is InChI=1S/C32H35N5O5S/c1-18-8-9-21(19(2)14-18)17-43-32-35-31-33-20(3)27(30(38)34-23-10-12-24(39-4)13-11-23)28(37(31)36-32)22-15-25(40-5)29(42-7)26(16-22)41-6/h8-16,28H,17H2,1-7H3,(H,34,38)(H,33,35,36)/t28-/m0/s1. The van der Waals surface area contributed by atoms with Gasteiger partial charge in [-0.05, 0) is 73.9 Å². The maximum absolute atomic E-state index is 13.9. The number of nitrogens with zero attached hydrogens (tertiary/aromatic N) is 3. The van der Waals surface area contributed by atoms with Gasteiger partial charge in [-0.15, -0.1) is 5.10 Å². The van der Waals surface area contributed by atoms with Crippen LogP contribution in [0.5, 0.6) is 23.0 Å². The van der Waals surface area contributed by atoms with Crippen LogP contribution in [-0.4, -0.2) is 49.1 Å². The molecule has 4 aromatic rings. The predicted molar refractivity (Wildman–Crippen MR) is 168 cm³/mol. The van der Waals surface area contributed by atoms with Crippen LogP contribution in [0.15, 0.2) is 71.0 Å². The van der Waals surface area contributed by atoms with E-state index in [1.807, 2.05) is 19.1 Å². The summed E-state index contributed by atoms with van der Waals surface area (Å²) in [6.45, 7) is 6.05. The number of allylic oxidation sites excluding steroid dienone is 1. The Morgan fingerprint density at radius 1 is 0.930 bits per heavy atom. The highest BCUT2D eigenvalue weighted by Gasteiger charge is 2.36. The van der Waals surface area contributed by atoms with E-state index in [0.717, 1.165) is 0 Å². The first kappa shape index (κ1) is 29.8. The summed E-state index contributed by atoms with van der Waals surface area (Å²) in [5.41, 5.74) is 6.12. The molecule has 1 aromatic heterocycles. The van der Waals surface area contributed by atoms with Crippen molar-refractivity contribution in [2.75, 3.05) is 39.1 Å². The maximum atomic E-state index is 13.9. The lowest BCUT2D eigenvalue weighted by Crippen LogP contribution is -2.31. The van der Waals surface area contributed by atoms with Crippen LogP contribution in [0.2, 0.25) is 0 Å². The second-order valence-electron chi connectivity index (χ2n) is 10.1. The molecule has 10 nitrogen and oxygen atoms in total. The van der Waals surface area contributed by atoms with Crippen LogP contribution >= 0.6 is 11.8 Å². The van der Waals surface area contributed by atoms with Crippen molar-refractivity contribution < 1.29 is 23.7 Å². The van der Waals surface area contributed by atoms with Gasteiger partial charge in [-0.2, -0.15) is 4.98 Å². The lowest BCUT2D eigenvalue weighted by atomic mass is 9.94. The van der Waals surface area contributed by atoms with Crippen LogP contribution in [0.3, 0.4) is 0 Å². The van der Waals surface area contributed by atoms with Crippen molar-refractivity contribution in [1.29, 1.82) is 0 Å². The largest absolute Gasteiger partial charge is 0.497 e. The Hall–Kier alpha value is -4.64. The monoisotopic (exact) mass is 601 g/mol. The number of thioether (sulfide) groups is 1. The van der Waals surface area contributed by atoms with Crippen LogP contribution in [0.25, 0.3) is 0 Å². The fourth-order valence-electron chi connectivity index (χ4n) is 5.08. The number of anilines is 2. The number of aromatic nitrogens is 3. The van der Waals surface area contributed by atoms with Crippen LogP contribution in [-0.2, 0) is 10.5 Å². The third-order valence-corrected chi connectivity index (χ3v) is 8.17. The number of hydrogen-bond donors (Lipinski definition) is 2. The summed E-state index contributed by atoms with van der Waals surface area (Å²) in [5, 5.41) is 11.8. The minimum absolute atomic E-state index is 0.292. The third kappa shape index (κ3) is 6.12. The zero-order valence-corrected chi connectivity index (χ0v) is 26.1. The minimum Gasteiger partial charge on any atom is -0.497 e. The highest BCUT2D eigenvalue weighted by atomic mass is 32.2. The molecular weight excluding hydrogens is 566 g/mol. The predicted octanol–water partition coefficient (Wildman–Crippen LogP) is 6.15. The van der Waals surface area contributed by atoms with Gasteiger partial charge >= 0.3 is 0 Å². The van der Waals surface area contributed by atoms with E-state index in [4.69, 9.17) is 29.0 Å². The number of nitrogens with one attached hydrogen (secondary N) is 2. The normalized spacial score (nSPS) is 14.1. The highest BCUT2D eigenvalue weighted by molar-refractivity contribution is 7.98. The molecule has 0 aliphatic carbocycles. The smallest absolute Gasteiger partial charge is 0.255 e. The van der Waals surface area contributed by atoms with Gasteiger partial charge in [0, 0.05) is 17.1 Å². The number of aryl methyl sites for hydroxylation is 2. The number of carbonyl (C=O) groups excluding carboxylic acids is 1. The van der Waals surface area contributed by atoms with Crippen molar-refractivity contribution in [2.45, 2.75) is 37.7 Å². The van der Waals surface area contributed by atoms with Crippen molar-refractivity contribution in [2.24, 2.45) is 0 Å². The Balaban J connectivity index is 1.56. The SMILES string of the molecule is COc1ccc(NC(=O)C2=C(C)Nc3nc(SCc4ccc(C)cc4C)nn3[C@H]2c2cc(OC)c(OC)c(OC)c2)cc1. The van der Waals surface area contributed by atoms with Gasteiger partial charge in [0.1, 0.15) is 11.8 Å². The average molecular weight is 602 g/mol. The van der Waals surface area contributed by atoms with E-state index in [1.54, 1.807) is 57.4 Å². The number of carbonyl (C=O) groups is 1. The van der Waals surface area contributed by atoms with E-state index in [-0.39, 0.29) is 5.91 Å². The molecule has 0 saturated heterocycles. The first-order chi connectivity index (χ1) is 20.8. The Kier molecular flexibility index (Phi) is 8.81. The summed E-state index contributed by atoms with van der Waals surface area (Å²) >= 11 is 1.54. The molecule has 0 bridgehead atoms. The molecular formula is C32H35N5O5S. The molecule has 1 aliphatic rings. The Morgan fingerprint density at radius 2 is 1.63 bits per heavy atom. The van der Waals surface area contributed by atoms with Gasteiger partial charge in [0.05, 0.1) is 34.0 Å². The van der Waals surface area contributed by atoms with Crippen molar-refractivity contribution in [3.8, 4) is 23.0 Å². The molecule has 5 rings (SSSR count). The first-order valence-corrected chi connectivity index (χ1v) is 14.6. The van der Waals surface area contributed by atoms with Crippen LogP contribution in [0.1, 0.15) is 35.2 Å². The molecule has 11 heteroatoms. The minimum atomic E-state index is -0.647. The number of benzene rings is 3. The molecule has 43 heavy (non-hydrogen) atoms. The van der Waals surface area contributed by atoms with Crippen LogP contribution in [0, 0.1) is 13.8 Å². The van der Waals surface area contributed by atoms with Crippen molar-refractivity contribution in [3.63, 3.8) is 0 Å². The number of ether oxygens (including phenoxy) is 4. The molecule has 0 fully saturated rings. The van der Waals surface area contributed by atoms with Crippen molar-refractivity contribution >= 4 is 29.3 Å². The van der Waals surface area contributed by atoms with Gasteiger partial charge in [0.25, 0.3) is 5.91 Å². The topological polar surface area (TPSA) is 109 Å². The molecule has 2 heterocycles. The number of methoxy groups -OCH3 is 4. The lowest BCUT2D eigenvalue weighted by Gasteiger charge is -2.29. The summed E-state index contributed by atoms with van der Waals surface area (Å²) in [6.07, 6.45) is 0. The summed E-state index contributed by atoms with van der Waals surface area (Å²) in [7, 11) is 6.27. The molecule has 3 aromatic carbocycles. The van der Waals surface area contributed by atoms with Crippen LogP contribution in [0.4, 0.5) is 11.6 Å². The molecule has 224 valence electrons. The molecule has 0 saturated carbocycles. The molecule has 1 amide bonds. The number of amides is 1. The highest BCUT2D eigenvalue weighted by Crippen LogP contribution is 2.44. The summed E-state index contributed by atoms with van der Waals surface area (Å²) in [4.78, 5) is 18.7.